The largest absolute Gasteiger partial charge is 0.467 e. The summed E-state index contributed by atoms with van der Waals surface area (Å²) in [6, 6.07) is 1.62. The molecule has 4 heteroatoms. The van der Waals surface area contributed by atoms with Gasteiger partial charge in [0.2, 0.25) is 0 Å². The van der Waals surface area contributed by atoms with Crippen LogP contribution in [0.4, 0.5) is 0 Å². The van der Waals surface area contributed by atoms with Crippen LogP contribution in [0.3, 0.4) is 0 Å². The quantitative estimate of drug-likeness (QED) is 0.699. The third kappa shape index (κ3) is 3.08. The minimum absolute atomic E-state index is 0.216. The van der Waals surface area contributed by atoms with E-state index in [9.17, 15) is 4.79 Å². The highest BCUT2D eigenvalue weighted by atomic mass is 16.5. The van der Waals surface area contributed by atoms with Gasteiger partial charge in [-0.15, -0.1) is 0 Å². The van der Waals surface area contributed by atoms with E-state index < -0.39 is 0 Å². The average molecular weight is 210 g/mol. The molecule has 1 aromatic heterocycles. The standard InChI is InChI=1S/C11H18N2O2/c1-4-5-6-10(11(14)15-3)13-8-7-9(2)12-13/h7-8,10H,4-6H2,1-3H3/t10-/m0/s1. The number of esters is 1. The van der Waals surface area contributed by atoms with E-state index >= 15 is 0 Å². The van der Waals surface area contributed by atoms with Crippen LogP contribution in [0.15, 0.2) is 12.3 Å². The van der Waals surface area contributed by atoms with Gasteiger partial charge in [-0.3, -0.25) is 4.68 Å². The lowest BCUT2D eigenvalue weighted by molar-refractivity contribution is -0.145. The number of aromatic nitrogens is 2. The zero-order valence-electron chi connectivity index (χ0n) is 9.56. The molecule has 0 aliphatic heterocycles. The Bertz CT molecular complexity index is 320. The zero-order valence-corrected chi connectivity index (χ0v) is 9.56. The molecule has 0 saturated heterocycles. The van der Waals surface area contributed by atoms with Crippen molar-refractivity contribution in [2.75, 3.05) is 7.11 Å². The summed E-state index contributed by atoms with van der Waals surface area (Å²) in [6.45, 7) is 4.01. The molecule has 1 heterocycles. The zero-order chi connectivity index (χ0) is 11.3. The van der Waals surface area contributed by atoms with Crippen LogP contribution in [-0.2, 0) is 9.53 Å². The van der Waals surface area contributed by atoms with E-state index in [1.165, 1.54) is 7.11 Å². The van der Waals surface area contributed by atoms with Crippen molar-refractivity contribution in [1.82, 2.24) is 9.78 Å². The van der Waals surface area contributed by atoms with Crippen molar-refractivity contribution in [3.63, 3.8) is 0 Å². The van der Waals surface area contributed by atoms with E-state index in [2.05, 4.69) is 12.0 Å². The molecule has 0 amide bonds. The Hall–Kier alpha value is -1.32. The van der Waals surface area contributed by atoms with E-state index in [1.54, 1.807) is 4.68 Å². The molecule has 15 heavy (non-hydrogen) atoms. The van der Waals surface area contributed by atoms with E-state index in [1.807, 2.05) is 19.2 Å². The van der Waals surface area contributed by atoms with Crippen molar-refractivity contribution in [3.8, 4) is 0 Å². The number of hydrogen-bond donors (Lipinski definition) is 0. The van der Waals surface area contributed by atoms with Crippen molar-refractivity contribution in [3.05, 3.63) is 18.0 Å². The minimum Gasteiger partial charge on any atom is -0.467 e. The number of nitrogens with zero attached hydrogens (tertiary/aromatic N) is 2. The molecule has 0 fully saturated rings. The molecule has 0 aromatic carbocycles. The third-order valence-electron chi connectivity index (χ3n) is 2.37. The van der Waals surface area contributed by atoms with Gasteiger partial charge in [0.1, 0.15) is 6.04 Å². The smallest absolute Gasteiger partial charge is 0.330 e. The fourth-order valence-electron chi connectivity index (χ4n) is 1.50. The van der Waals surface area contributed by atoms with E-state index in [0.717, 1.165) is 25.0 Å². The SMILES string of the molecule is CCCC[C@@H](C(=O)OC)n1ccc(C)n1. The predicted molar refractivity (Wildman–Crippen MR) is 57.5 cm³/mol. The van der Waals surface area contributed by atoms with Gasteiger partial charge in [-0.05, 0) is 19.4 Å². The minimum atomic E-state index is -0.274. The summed E-state index contributed by atoms with van der Waals surface area (Å²) in [4.78, 5) is 11.5. The topological polar surface area (TPSA) is 44.1 Å². The first-order valence-corrected chi connectivity index (χ1v) is 5.28. The molecule has 0 aliphatic rings. The molecular formula is C11H18N2O2. The summed E-state index contributed by atoms with van der Waals surface area (Å²) in [5.41, 5.74) is 0.917. The van der Waals surface area contributed by atoms with Gasteiger partial charge in [0.05, 0.1) is 12.8 Å². The van der Waals surface area contributed by atoms with Gasteiger partial charge in [0.15, 0.2) is 0 Å². The Kier molecular flexibility index (Phi) is 4.34. The number of hydrogen-bond acceptors (Lipinski definition) is 3. The lowest BCUT2D eigenvalue weighted by Crippen LogP contribution is -2.21. The summed E-state index contributed by atoms with van der Waals surface area (Å²) >= 11 is 0. The Balaban J connectivity index is 2.76. The van der Waals surface area contributed by atoms with Crippen LogP contribution in [0.1, 0.15) is 37.9 Å². The molecule has 1 aromatic rings. The molecule has 0 radical (unpaired) electrons. The van der Waals surface area contributed by atoms with E-state index in [4.69, 9.17) is 4.74 Å². The lowest BCUT2D eigenvalue weighted by Gasteiger charge is -2.14. The first-order chi connectivity index (χ1) is 7.19. The summed E-state index contributed by atoms with van der Waals surface area (Å²) in [5, 5.41) is 4.25. The van der Waals surface area contributed by atoms with Gasteiger partial charge in [-0.25, -0.2) is 4.79 Å². The van der Waals surface area contributed by atoms with Crippen LogP contribution in [0.2, 0.25) is 0 Å². The number of methoxy groups -OCH3 is 1. The van der Waals surface area contributed by atoms with Crippen molar-refractivity contribution in [2.45, 2.75) is 39.2 Å². The maximum atomic E-state index is 11.5. The van der Waals surface area contributed by atoms with E-state index in [0.29, 0.717) is 0 Å². The van der Waals surface area contributed by atoms with Gasteiger partial charge in [-0.1, -0.05) is 19.8 Å². The Morgan fingerprint density at radius 3 is 2.87 bits per heavy atom. The fourth-order valence-corrected chi connectivity index (χ4v) is 1.50. The second-order valence-corrected chi connectivity index (χ2v) is 3.62. The highest BCUT2D eigenvalue weighted by Crippen LogP contribution is 2.16. The molecule has 0 bridgehead atoms. The maximum Gasteiger partial charge on any atom is 0.330 e. The van der Waals surface area contributed by atoms with Gasteiger partial charge in [-0.2, -0.15) is 5.10 Å². The molecule has 0 N–H and O–H groups in total. The monoisotopic (exact) mass is 210 g/mol. The number of rotatable bonds is 5. The van der Waals surface area contributed by atoms with Crippen molar-refractivity contribution >= 4 is 5.97 Å². The highest BCUT2D eigenvalue weighted by molar-refractivity contribution is 5.73. The molecule has 4 nitrogen and oxygen atoms in total. The highest BCUT2D eigenvalue weighted by Gasteiger charge is 2.20. The molecule has 0 unspecified atom stereocenters. The van der Waals surface area contributed by atoms with Crippen molar-refractivity contribution in [1.29, 1.82) is 0 Å². The second kappa shape index (κ2) is 5.53. The molecule has 1 rings (SSSR count). The number of carbonyl (C=O) groups excluding carboxylic acids is 1. The summed E-state index contributed by atoms with van der Waals surface area (Å²) in [6.07, 6.45) is 4.67. The number of unbranched alkanes of at least 4 members (excludes halogenated alkanes) is 1. The average Bonchev–Trinajstić information content (AvgIpc) is 2.65. The van der Waals surface area contributed by atoms with E-state index in [-0.39, 0.29) is 12.0 Å². The fraction of sp³-hybridized carbons (Fsp3) is 0.636. The Labute approximate surface area is 90.2 Å². The summed E-state index contributed by atoms with van der Waals surface area (Å²) in [7, 11) is 1.41. The first-order valence-electron chi connectivity index (χ1n) is 5.28. The van der Waals surface area contributed by atoms with Crippen molar-refractivity contribution < 1.29 is 9.53 Å². The predicted octanol–water partition coefficient (Wildman–Crippen LogP) is 2.10. The van der Waals surface area contributed by atoms with Crippen LogP contribution in [0.25, 0.3) is 0 Å². The van der Waals surface area contributed by atoms with Crippen LogP contribution >= 0.6 is 0 Å². The third-order valence-corrected chi connectivity index (χ3v) is 2.37. The number of carbonyl (C=O) groups is 1. The van der Waals surface area contributed by atoms with Crippen LogP contribution in [0, 0.1) is 6.92 Å². The Morgan fingerprint density at radius 2 is 2.40 bits per heavy atom. The maximum absolute atomic E-state index is 11.5. The molecule has 0 spiro atoms. The summed E-state index contributed by atoms with van der Waals surface area (Å²) < 4.78 is 6.46. The molecular weight excluding hydrogens is 192 g/mol. The van der Waals surface area contributed by atoms with Gasteiger partial charge in [0.25, 0.3) is 0 Å². The number of aryl methyl sites for hydroxylation is 1. The van der Waals surface area contributed by atoms with Gasteiger partial charge in [0, 0.05) is 6.20 Å². The van der Waals surface area contributed by atoms with Crippen LogP contribution < -0.4 is 0 Å². The first kappa shape index (κ1) is 11.8. The second-order valence-electron chi connectivity index (χ2n) is 3.62. The molecule has 1 atom stereocenters. The summed E-state index contributed by atoms with van der Waals surface area (Å²) in [5.74, 6) is -0.216. The lowest BCUT2D eigenvalue weighted by atomic mass is 10.1. The molecule has 84 valence electrons. The normalized spacial score (nSPS) is 12.5. The van der Waals surface area contributed by atoms with Crippen LogP contribution in [-0.4, -0.2) is 22.9 Å². The van der Waals surface area contributed by atoms with Crippen molar-refractivity contribution in [2.24, 2.45) is 0 Å². The number of ether oxygens (including phenoxy) is 1. The molecule has 0 aliphatic carbocycles. The molecule has 0 saturated carbocycles. The van der Waals surface area contributed by atoms with Gasteiger partial charge < -0.3 is 4.74 Å². The Morgan fingerprint density at radius 1 is 1.67 bits per heavy atom. The van der Waals surface area contributed by atoms with Gasteiger partial charge >= 0.3 is 5.97 Å². The van der Waals surface area contributed by atoms with Crippen LogP contribution in [0.5, 0.6) is 0 Å².